The van der Waals surface area contributed by atoms with Gasteiger partial charge >= 0.3 is 0 Å². The minimum atomic E-state index is -0.324. The van der Waals surface area contributed by atoms with E-state index in [9.17, 15) is 4.79 Å². The van der Waals surface area contributed by atoms with E-state index in [0.717, 1.165) is 16.8 Å². The van der Waals surface area contributed by atoms with Crippen LogP contribution in [0.1, 0.15) is 18.4 Å². The third kappa shape index (κ3) is 2.14. The highest BCUT2D eigenvalue weighted by Crippen LogP contribution is 2.22. The maximum absolute atomic E-state index is 11.2. The Kier molecular flexibility index (Phi) is 2.95. The van der Waals surface area contributed by atoms with Crippen LogP contribution in [0.3, 0.4) is 0 Å². The van der Waals surface area contributed by atoms with Crippen molar-refractivity contribution in [3.05, 3.63) is 54.5 Å². The third-order valence-corrected chi connectivity index (χ3v) is 3.37. The van der Waals surface area contributed by atoms with Gasteiger partial charge in [0.2, 0.25) is 11.7 Å². The first-order chi connectivity index (χ1) is 9.65. The largest absolute Gasteiger partial charge is 0.369 e. The zero-order valence-electron chi connectivity index (χ0n) is 11.0. The van der Waals surface area contributed by atoms with E-state index in [1.165, 1.54) is 0 Å². The van der Waals surface area contributed by atoms with Crippen LogP contribution < -0.4 is 5.73 Å². The number of fused-ring (bicyclic) bond motifs is 1. The average molecular weight is 266 g/mol. The molecule has 0 bridgehead atoms. The van der Waals surface area contributed by atoms with Gasteiger partial charge in [-0.05, 0) is 18.6 Å². The lowest BCUT2D eigenvalue weighted by molar-refractivity contribution is -0.119. The molecule has 3 rings (SSSR count). The van der Waals surface area contributed by atoms with Crippen molar-refractivity contribution in [2.24, 2.45) is 5.73 Å². The minimum absolute atomic E-state index is 0.285. The molecule has 2 N–H and O–H groups in total. The van der Waals surface area contributed by atoms with Gasteiger partial charge in [-0.3, -0.25) is 9.20 Å². The highest BCUT2D eigenvalue weighted by molar-refractivity contribution is 5.81. The second-order valence-corrected chi connectivity index (χ2v) is 4.70. The number of amides is 1. The second-order valence-electron chi connectivity index (χ2n) is 4.70. The molecule has 2 aromatic heterocycles. The summed E-state index contributed by atoms with van der Waals surface area (Å²) in [7, 11) is 0. The van der Waals surface area contributed by atoms with E-state index in [0.29, 0.717) is 5.78 Å². The van der Waals surface area contributed by atoms with Crippen molar-refractivity contribution in [2.45, 2.75) is 12.8 Å². The normalized spacial score (nSPS) is 12.4. The van der Waals surface area contributed by atoms with Crippen LogP contribution in [0.25, 0.3) is 17.0 Å². The molecular weight excluding hydrogens is 252 g/mol. The summed E-state index contributed by atoms with van der Waals surface area (Å²) in [6.45, 7) is 1.80. The molecule has 100 valence electrons. The van der Waals surface area contributed by atoms with E-state index in [1.807, 2.05) is 47.1 Å². The molecule has 20 heavy (non-hydrogen) atoms. The quantitative estimate of drug-likeness (QED) is 0.787. The lowest BCUT2D eigenvalue weighted by Gasteiger charge is -2.07. The number of nitrogens with zero attached hydrogens (tertiary/aromatic N) is 3. The van der Waals surface area contributed by atoms with E-state index in [2.05, 4.69) is 9.97 Å². The van der Waals surface area contributed by atoms with Gasteiger partial charge in [0.15, 0.2) is 0 Å². The third-order valence-electron chi connectivity index (χ3n) is 3.37. The van der Waals surface area contributed by atoms with Gasteiger partial charge in [0.1, 0.15) is 0 Å². The maximum Gasteiger partial charge on any atom is 0.234 e. The molecule has 1 aromatic carbocycles. The van der Waals surface area contributed by atoms with Crippen molar-refractivity contribution in [3.8, 4) is 11.3 Å². The smallest absolute Gasteiger partial charge is 0.234 e. The van der Waals surface area contributed by atoms with Crippen molar-refractivity contribution in [1.29, 1.82) is 0 Å². The van der Waals surface area contributed by atoms with Gasteiger partial charge in [0.25, 0.3) is 0 Å². The van der Waals surface area contributed by atoms with Crippen molar-refractivity contribution in [2.75, 3.05) is 0 Å². The lowest BCUT2D eigenvalue weighted by atomic mass is 9.99. The van der Waals surface area contributed by atoms with E-state index in [1.54, 1.807) is 13.1 Å². The van der Waals surface area contributed by atoms with E-state index < -0.39 is 0 Å². The Bertz CT molecular complexity index is 728. The first kappa shape index (κ1) is 12.3. The molecule has 0 aliphatic heterocycles. The van der Waals surface area contributed by atoms with Gasteiger partial charge in [0, 0.05) is 24.2 Å². The fourth-order valence-electron chi connectivity index (χ4n) is 2.08. The molecular formula is C15H14N4O. The van der Waals surface area contributed by atoms with Gasteiger partial charge in [-0.1, -0.05) is 24.3 Å². The van der Waals surface area contributed by atoms with Crippen LogP contribution in [0, 0.1) is 0 Å². The number of hydrogen-bond donors (Lipinski definition) is 1. The molecule has 5 nitrogen and oxygen atoms in total. The topological polar surface area (TPSA) is 73.3 Å². The summed E-state index contributed by atoms with van der Waals surface area (Å²) in [4.78, 5) is 19.8. The molecule has 1 atom stereocenters. The van der Waals surface area contributed by atoms with Gasteiger partial charge in [-0.25, -0.2) is 9.97 Å². The average Bonchev–Trinajstić information content (AvgIpc) is 2.90. The summed E-state index contributed by atoms with van der Waals surface area (Å²) in [6.07, 6.45) is 5.54. The Balaban J connectivity index is 1.96. The Morgan fingerprint density at radius 3 is 2.70 bits per heavy atom. The zero-order chi connectivity index (χ0) is 14.1. The number of primary amides is 1. The number of imidazole rings is 1. The van der Waals surface area contributed by atoms with Crippen LogP contribution in [0.15, 0.2) is 48.9 Å². The standard InChI is InChI=1S/C15H14N4O/c1-10(14(16)20)11-3-5-12(6-4-11)13-9-19-8-2-7-17-15(19)18-13/h2-10H,1H3,(H2,16,20). The summed E-state index contributed by atoms with van der Waals surface area (Å²) < 4.78 is 1.87. The fourth-order valence-corrected chi connectivity index (χ4v) is 2.08. The van der Waals surface area contributed by atoms with Crippen LogP contribution in [-0.2, 0) is 4.79 Å². The number of aromatic nitrogens is 3. The van der Waals surface area contributed by atoms with Crippen molar-refractivity contribution >= 4 is 11.7 Å². The molecule has 0 saturated heterocycles. The van der Waals surface area contributed by atoms with E-state index in [4.69, 9.17) is 5.73 Å². The molecule has 5 heteroatoms. The van der Waals surface area contributed by atoms with E-state index in [-0.39, 0.29) is 11.8 Å². The summed E-state index contributed by atoms with van der Waals surface area (Å²) in [5.74, 6) is 0.0542. The Hall–Kier alpha value is -2.69. The van der Waals surface area contributed by atoms with Crippen LogP contribution in [0.5, 0.6) is 0 Å². The Morgan fingerprint density at radius 2 is 2.05 bits per heavy atom. The number of nitrogens with two attached hydrogens (primary N) is 1. The number of rotatable bonds is 3. The van der Waals surface area contributed by atoms with Gasteiger partial charge < -0.3 is 5.73 Å². The van der Waals surface area contributed by atoms with Gasteiger partial charge in [-0.15, -0.1) is 0 Å². The van der Waals surface area contributed by atoms with Crippen molar-refractivity contribution in [1.82, 2.24) is 14.4 Å². The Labute approximate surface area is 116 Å². The first-order valence-corrected chi connectivity index (χ1v) is 6.34. The number of carbonyl (C=O) groups is 1. The SMILES string of the molecule is CC(C(N)=O)c1ccc(-c2cn3cccnc3n2)cc1. The number of hydrogen-bond acceptors (Lipinski definition) is 3. The number of carbonyl (C=O) groups excluding carboxylic acids is 1. The fraction of sp³-hybridized carbons (Fsp3) is 0.133. The maximum atomic E-state index is 11.2. The molecule has 1 amide bonds. The zero-order valence-corrected chi connectivity index (χ0v) is 11.0. The predicted molar refractivity (Wildman–Crippen MR) is 76.0 cm³/mol. The predicted octanol–water partition coefficient (Wildman–Crippen LogP) is 1.99. The molecule has 0 aliphatic carbocycles. The monoisotopic (exact) mass is 266 g/mol. The molecule has 0 radical (unpaired) electrons. The van der Waals surface area contributed by atoms with Crippen LogP contribution in [0.4, 0.5) is 0 Å². The molecule has 0 fully saturated rings. The highest BCUT2D eigenvalue weighted by atomic mass is 16.1. The molecule has 0 aliphatic rings. The van der Waals surface area contributed by atoms with Crippen LogP contribution in [0.2, 0.25) is 0 Å². The molecule has 0 spiro atoms. The second kappa shape index (κ2) is 4.77. The van der Waals surface area contributed by atoms with Crippen LogP contribution in [-0.4, -0.2) is 20.3 Å². The summed E-state index contributed by atoms with van der Waals surface area (Å²) in [5.41, 5.74) is 8.04. The lowest BCUT2D eigenvalue weighted by Crippen LogP contribution is -2.18. The van der Waals surface area contributed by atoms with Crippen molar-refractivity contribution in [3.63, 3.8) is 0 Å². The summed E-state index contributed by atoms with van der Waals surface area (Å²) >= 11 is 0. The molecule has 1 unspecified atom stereocenters. The van der Waals surface area contributed by atoms with Crippen LogP contribution >= 0.6 is 0 Å². The highest BCUT2D eigenvalue weighted by Gasteiger charge is 2.12. The first-order valence-electron chi connectivity index (χ1n) is 6.34. The molecule has 2 heterocycles. The minimum Gasteiger partial charge on any atom is -0.369 e. The van der Waals surface area contributed by atoms with Crippen molar-refractivity contribution < 1.29 is 4.79 Å². The number of benzene rings is 1. The van der Waals surface area contributed by atoms with Gasteiger partial charge in [-0.2, -0.15) is 0 Å². The summed E-state index contributed by atoms with van der Waals surface area (Å²) in [6, 6.07) is 9.55. The van der Waals surface area contributed by atoms with E-state index >= 15 is 0 Å². The summed E-state index contributed by atoms with van der Waals surface area (Å²) in [5, 5.41) is 0. The van der Waals surface area contributed by atoms with Gasteiger partial charge in [0.05, 0.1) is 11.6 Å². The Morgan fingerprint density at radius 1 is 1.30 bits per heavy atom. The molecule has 3 aromatic rings. The molecule has 0 saturated carbocycles.